The van der Waals surface area contributed by atoms with Gasteiger partial charge in [0, 0.05) is 13.0 Å². The highest BCUT2D eigenvalue weighted by atomic mass is 16.1. The lowest BCUT2D eigenvalue weighted by atomic mass is 10.3. The number of amides is 1. The molecule has 1 unspecified atom stereocenters. The Morgan fingerprint density at radius 2 is 2.38 bits per heavy atom. The summed E-state index contributed by atoms with van der Waals surface area (Å²) in [6, 6.07) is 0.215. The van der Waals surface area contributed by atoms with Gasteiger partial charge < -0.3 is 5.32 Å². The van der Waals surface area contributed by atoms with Crippen molar-refractivity contribution in [2.24, 2.45) is 0 Å². The summed E-state index contributed by atoms with van der Waals surface area (Å²) < 4.78 is 0. The summed E-state index contributed by atoms with van der Waals surface area (Å²) in [5.74, 6) is 0.0150. The first-order valence-electron chi connectivity index (χ1n) is 2.73. The second-order valence-corrected chi connectivity index (χ2v) is 1.89. The largest absolute Gasteiger partial charge is 0.354 e. The Morgan fingerprint density at radius 3 is 2.50 bits per heavy atom. The van der Waals surface area contributed by atoms with E-state index in [1.165, 1.54) is 6.92 Å². The van der Waals surface area contributed by atoms with Gasteiger partial charge in [-0.15, -0.1) is 0 Å². The highest BCUT2D eigenvalue weighted by Crippen LogP contribution is 1.84. The minimum absolute atomic E-state index is 0.0150. The maximum Gasteiger partial charge on any atom is 0.217 e. The van der Waals surface area contributed by atoms with E-state index in [0.29, 0.717) is 0 Å². The third-order valence-electron chi connectivity index (χ3n) is 0.883. The highest BCUT2D eigenvalue weighted by Gasteiger charge is 1.96. The van der Waals surface area contributed by atoms with E-state index >= 15 is 0 Å². The number of nitrogens with one attached hydrogen (secondary N) is 1. The van der Waals surface area contributed by atoms with Crippen LogP contribution in [0.4, 0.5) is 0 Å². The minimum atomic E-state index is 0.0150. The fraction of sp³-hybridized carbons (Fsp3) is 0.667. The van der Waals surface area contributed by atoms with Crippen LogP contribution in [0.1, 0.15) is 20.3 Å². The standard InChI is InChI=1S/C6H12NO/c1-4-5(2)7-6(3)8/h5H,1,4H2,2-3H3,(H,7,8). The molecule has 8 heavy (non-hydrogen) atoms. The molecule has 1 radical (unpaired) electrons. The molecule has 0 aromatic heterocycles. The van der Waals surface area contributed by atoms with Gasteiger partial charge in [-0.2, -0.15) is 0 Å². The van der Waals surface area contributed by atoms with Crippen molar-refractivity contribution in [2.75, 3.05) is 0 Å². The summed E-state index contributed by atoms with van der Waals surface area (Å²) in [5.41, 5.74) is 0. The topological polar surface area (TPSA) is 29.1 Å². The molecule has 1 amide bonds. The molecule has 0 saturated heterocycles. The van der Waals surface area contributed by atoms with Crippen LogP contribution in [0.25, 0.3) is 0 Å². The van der Waals surface area contributed by atoms with E-state index in [-0.39, 0.29) is 11.9 Å². The predicted octanol–water partition coefficient (Wildman–Crippen LogP) is 0.735. The Balaban J connectivity index is 3.24. The Hall–Kier alpha value is -0.530. The van der Waals surface area contributed by atoms with Crippen molar-refractivity contribution in [1.29, 1.82) is 0 Å². The molecule has 0 spiro atoms. The lowest BCUT2D eigenvalue weighted by Crippen LogP contribution is -2.29. The summed E-state index contributed by atoms with van der Waals surface area (Å²) >= 11 is 0. The fourth-order valence-corrected chi connectivity index (χ4v) is 0.419. The average Bonchev–Trinajstić information content (AvgIpc) is 1.65. The minimum Gasteiger partial charge on any atom is -0.354 e. The van der Waals surface area contributed by atoms with Gasteiger partial charge in [-0.25, -0.2) is 0 Å². The van der Waals surface area contributed by atoms with Crippen LogP contribution in [0, 0.1) is 6.92 Å². The van der Waals surface area contributed by atoms with E-state index < -0.39 is 0 Å². The molecule has 1 N–H and O–H groups in total. The monoisotopic (exact) mass is 114 g/mol. The number of rotatable bonds is 2. The van der Waals surface area contributed by atoms with E-state index in [4.69, 9.17) is 0 Å². The third-order valence-corrected chi connectivity index (χ3v) is 0.883. The molecule has 47 valence electrons. The molecule has 0 rings (SSSR count). The van der Waals surface area contributed by atoms with Gasteiger partial charge >= 0.3 is 0 Å². The first kappa shape index (κ1) is 7.47. The quantitative estimate of drug-likeness (QED) is 0.563. The molecule has 0 bridgehead atoms. The molecular formula is C6H12NO. The molecule has 0 saturated carbocycles. The zero-order chi connectivity index (χ0) is 6.57. The molecule has 0 aromatic carbocycles. The normalized spacial score (nSPS) is 12.9. The van der Waals surface area contributed by atoms with Gasteiger partial charge in [0.2, 0.25) is 5.91 Å². The second kappa shape index (κ2) is 3.47. The van der Waals surface area contributed by atoms with Crippen LogP contribution in [0.5, 0.6) is 0 Å². The van der Waals surface area contributed by atoms with Crippen LogP contribution in [0.15, 0.2) is 0 Å². The van der Waals surface area contributed by atoms with Gasteiger partial charge in [0.05, 0.1) is 0 Å². The number of carbonyl (C=O) groups is 1. The maximum atomic E-state index is 10.3. The van der Waals surface area contributed by atoms with Crippen LogP contribution >= 0.6 is 0 Å². The fourth-order valence-electron chi connectivity index (χ4n) is 0.419. The van der Waals surface area contributed by atoms with Gasteiger partial charge in [0.1, 0.15) is 0 Å². The molecule has 2 heteroatoms. The summed E-state index contributed by atoms with van der Waals surface area (Å²) in [5, 5.41) is 2.69. The maximum absolute atomic E-state index is 10.3. The Morgan fingerprint density at radius 1 is 1.88 bits per heavy atom. The summed E-state index contributed by atoms with van der Waals surface area (Å²) in [6.45, 7) is 7.06. The van der Waals surface area contributed by atoms with E-state index in [9.17, 15) is 4.79 Å². The van der Waals surface area contributed by atoms with Crippen molar-refractivity contribution in [2.45, 2.75) is 26.3 Å². The lowest BCUT2D eigenvalue weighted by molar-refractivity contribution is -0.119. The van der Waals surface area contributed by atoms with Gasteiger partial charge in [0.15, 0.2) is 0 Å². The van der Waals surface area contributed by atoms with Crippen LogP contribution < -0.4 is 5.32 Å². The third kappa shape index (κ3) is 3.65. The van der Waals surface area contributed by atoms with Crippen molar-refractivity contribution in [1.82, 2.24) is 5.32 Å². The van der Waals surface area contributed by atoms with E-state index in [2.05, 4.69) is 12.2 Å². The number of carbonyl (C=O) groups excluding carboxylic acids is 1. The molecule has 0 heterocycles. The van der Waals surface area contributed by atoms with Gasteiger partial charge in [-0.05, 0) is 13.3 Å². The summed E-state index contributed by atoms with van der Waals surface area (Å²) in [7, 11) is 0. The Bertz CT molecular complexity index is 80.6. The van der Waals surface area contributed by atoms with Gasteiger partial charge in [-0.1, -0.05) is 6.92 Å². The van der Waals surface area contributed by atoms with Crippen molar-refractivity contribution in [3.05, 3.63) is 6.92 Å². The Kier molecular flexibility index (Phi) is 3.24. The average molecular weight is 114 g/mol. The van der Waals surface area contributed by atoms with Crippen LogP contribution in [-0.4, -0.2) is 11.9 Å². The zero-order valence-corrected chi connectivity index (χ0v) is 5.40. The summed E-state index contributed by atoms with van der Waals surface area (Å²) in [6.07, 6.45) is 0.750. The van der Waals surface area contributed by atoms with Crippen LogP contribution in [0.3, 0.4) is 0 Å². The van der Waals surface area contributed by atoms with Crippen LogP contribution in [0.2, 0.25) is 0 Å². The second-order valence-electron chi connectivity index (χ2n) is 1.89. The van der Waals surface area contributed by atoms with Gasteiger partial charge in [0.25, 0.3) is 0 Å². The van der Waals surface area contributed by atoms with Gasteiger partial charge in [-0.3, -0.25) is 4.79 Å². The summed E-state index contributed by atoms with van der Waals surface area (Å²) in [4.78, 5) is 10.3. The molecular weight excluding hydrogens is 102 g/mol. The molecule has 0 fully saturated rings. The van der Waals surface area contributed by atoms with E-state index in [1.807, 2.05) is 6.92 Å². The van der Waals surface area contributed by atoms with Crippen molar-refractivity contribution in [3.8, 4) is 0 Å². The predicted molar refractivity (Wildman–Crippen MR) is 33.3 cm³/mol. The van der Waals surface area contributed by atoms with Crippen molar-refractivity contribution < 1.29 is 4.79 Å². The smallest absolute Gasteiger partial charge is 0.217 e. The molecule has 0 aliphatic carbocycles. The SMILES string of the molecule is [CH2]CC(C)NC(C)=O. The van der Waals surface area contributed by atoms with E-state index in [1.54, 1.807) is 0 Å². The molecule has 0 aromatic rings. The molecule has 1 atom stereocenters. The Labute approximate surface area is 50.3 Å². The first-order chi connectivity index (χ1) is 3.66. The first-order valence-corrected chi connectivity index (χ1v) is 2.73. The van der Waals surface area contributed by atoms with Crippen molar-refractivity contribution in [3.63, 3.8) is 0 Å². The number of hydrogen-bond acceptors (Lipinski definition) is 1. The zero-order valence-electron chi connectivity index (χ0n) is 5.40. The van der Waals surface area contributed by atoms with Crippen LogP contribution in [-0.2, 0) is 4.79 Å². The highest BCUT2D eigenvalue weighted by molar-refractivity contribution is 5.73. The number of hydrogen-bond donors (Lipinski definition) is 1. The molecule has 0 aliphatic rings. The van der Waals surface area contributed by atoms with E-state index in [0.717, 1.165) is 6.42 Å². The molecule has 0 aliphatic heterocycles. The lowest BCUT2D eigenvalue weighted by Gasteiger charge is -2.07. The van der Waals surface area contributed by atoms with Crippen molar-refractivity contribution >= 4 is 5.91 Å². The molecule has 2 nitrogen and oxygen atoms in total.